The summed E-state index contributed by atoms with van der Waals surface area (Å²) in [5.74, 6) is -0.792. The van der Waals surface area contributed by atoms with Gasteiger partial charge in [-0.05, 0) is 25.1 Å². The molecular weight excluding hydrogens is 294 g/mol. The van der Waals surface area contributed by atoms with E-state index in [1.165, 1.54) is 0 Å². The number of aromatic nitrogens is 3. The number of hydrogen-bond donors (Lipinski definition) is 0. The maximum atomic E-state index is 12.1. The quantitative estimate of drug-likeness (QED) is 0.535. The molecule has 0 aliphatic rings. The van der Waals surface area contributed by atoms with Gasteiger partial charge in [0, 0.05) is 12.1 Å². The van der Waals surface area contributed by atoms with Crippen LogP contribution in [0.5, 0.6) is 0 Å². The molecule has 6 heteroatoms. The molecule has 0 radical (unpaired) electrons. The molecular formula is C17H15N3O3. The molecule has 0 bridgehead atoms. The number of Topliss-reactive ketones (excluding diaryl/α,β-unsaturated/α-hetero) is 1. The molecule has 0 aliphatic carbocycles. The van der Waals surface area contributed by atoms with Crippen molar-refractivity contribution in [2.24, 2.45) is 0 Å². The average molecular weight is 309 g/mol. The Hall–Kier alpha value is -3.02. The number of ketones is 1. The fourth-order valence-corrected chi connectivity index (χ4v) is 2.25. The Morgan fingerprint density at radius 2 is 1.87 bits per heavy atom. The smallest absolute Gasteiger partial charge is 0.338 e. The Morgan fingerprint density at radius 1 is 1.09 bits per heavy atom. The third kappa shape index (κ3) is 3.11. The molecule has 0 atom stereocenters. The summed E-state index contributed by atoms with van der Waals surface area (Å²) in [6.07, 6.45) is 0. The van der Waals surface area contributed by atoms with Gasteiger partial charge in [0.15, 0.2) is 12.4 Å². The van der Waals surface area contributed by atoms with Crippen molar-refractivity contribution in [3.63, 3.8) is 0 Å². The number of benzene rings is 2. The minimum Gasteiger partial charge on any atom is -0.454 e. The first-order valence-corrected chi connectivity index (χ1v) is 7.27. The number of esters is 1. The summed E-state index contributed by atoms with van der Waals surface area (Å²) in [5.41, 5.74) is 2.34. The van der Waals surface area contributed by atoms with Gasteiger partial charge >= 0.3 is 5.97 Å². The van der Waals surface area contributed by atoms with Crippen molar-refractivity contribution in [2.45, 2.75) is 13.5 Å². The molecule has 0 N–H and O–H groups in total. The summed E-state index contributed by atoms with van der Waals surface area (Å²) in [6.45, 7) is 2.37. The van der Waals surface area contributed by atoms with Gasteiger partial charge in [-0.15, -0.1) is 5.10 Å². The van der Waals surface area contributed by atoms with Crippen LogP contribution in [0, 0.1) is 0 Å². The van der Waals surface area contributed by atoms with Crippen LogP contribution in [0.15, 0.2) is 48.5 Å². The van der Waals surface area contributed by atoms with E-state index >= 15 is 0 Å². The second kappa shape index (κ2) is 6.39. The highest BCUT2D eigenvalue weighted by Crippen LogP contribution is 2.14. The maximum absolute atomic E-state index is 12.1. The van der Waals surface area contributed by atoms with Crippen LogP contribution >= 0.6 is 0 Å². The first-order valence-electron chi connectivity index (χ1n) is 7.27. The van der Waals surface area contributed by atoms with Gasteiger partial charge < -0.3 is 4.74 Å². The van der Waals surface area contributed by atoms with Gasteiger partial charge in [-0.25, -0.2) is 9.48 Å². The molecule has 1 heterocycles. The highest BCUT2D eigenvalue weighted by Gasteiger charge is 2.13. The van der Waals surface area contributed by atoms with Crippen LogP contribution in [0.4, 0.5) is 0 Å². The zero-order valence-corrected chi connectivity index (χ0v) is 12.6. The van der Waals surface area contributed by atoms with Gasteiger partial charge in [0.25, 0.3) is 0 Å². The van der Waals surface area contributed by atoms with Crippen molar-refractivity contribution in [3.8, 4) is 0 Å². The Balaban J connectivity index is 1.70. The molecule has 2 aromatic carbocycles. The van der Waals surface area contributed by atoms with E-state index in [4.69, 9.17) is 4.74 Å². The van der Waals surface area contributed by atoms with E-state index in [0.29, 0.717) is 23.2 Å². The summed E-state index contributed by atoms with van der Waals surface area (Å²) >= 11 is 0. The third-order valence-electron chi connectivity index (χ3n) is 3.48. The SMILES string of the molecule is CCn1nnc2cc(C(=O)OCC(=O)c3ccccc3)ccc21. The molecule has 6 nitrogen and oxygen atoms in total. The fraction of sp³-hybridized carbons (Fsp3) is 0.176. The summed E-state index contributed by atoms with van der Waals surface area (Å²) < 4.78 is 6.82. The molecule has 0 saturated heterocycles. The van der Waals surface area contributed by atoms with Gasteiger partial charge in [-0.3, -0.25) is 4.79 Å². The van der Waals surface area contributed by atoms with E-state index in [-0.39, 0.29) is 12.4 Å². The van der Waals surface area contributed by atoms with Gasteiger partial charge in [0.1, 0.15) is 5.52 Å². The number of carbonyl (C=O) groups excluding carboxylic acids is 2. The molecule has 0 unspecified atom stereocenters. The number of carbonyl (C=O) groups is 2. The van der Waals surface area contributed by atoms with Crippen LogP contribution in [0.25, 0.3) is 11.0 Å². The Labute approximate surface area is 132 Å². The molecule has 3 rings (SSSR count). The second-order valence-corrected chi connectivity index (χ2v) is 4.97. The fourth-order valence-electron chi connectivity index (χ4n) is 2.25. The van der Waals surface area contributed by atoms with Crippen molar-refractivity contribution in [1.82, 2.24) is 15.0 Å². The first-order chi connectivity index (χ1) is 11.2. The van der Waals surface area contributed by atoms with Gasteiger partial charge in [0.2, 0.25) is 0 Å². The van der Waals surface area contributed by atoms with Gasteiger partial charge in [-0.2, -0.15) is 0 Å². The number of rotatable bonds is 5. The van der Waals surface area contributed by atoms with E-state index in [9.17, 15) is 9.59 Å². The molecule has 0 amide bonds. The lowest BCUT2D eigenvalue weighted by atomic mass is 10.1. The van der Waals surface area contributed by atoms with E-state index in [0.717, 1.165) is 5.52 Å². The number of nitrogens with zero attached hydrogens (tertiary/aromatic N) is 3. The van der Waals surface area contributed by atoms with Crippen molar-refractivity contribution in [1.29, 1.82) is 0 Å². The molecule has 0 fully saturated rings. The predicted octanol–water partition coefficient (Wildman–Crippen LogP) is 2.49. The molecule has 0 aliphatic heterocycles. The lowest BCUT2D eigenvalue weighted by molar-refractivity contribution is 0.0475. The van der Waals surface area contributed by atoms with Crippen LogP contribution in [-0.2, 0) is 11.3 Å². The number of fused-ring (bicyclic) bond motifs is 1. The van der Waals surface area contributed by atoms with E-state index < -0.39 is 5.97 Å². The normalized spacial score (nSPS) is 10.7. The summed E-state index contributed by atoms with van der Waals surface area (Å²) in [7, 11) is 0. The van der Waals surface area contributed by atoms with Gasteiger partial charge in [-0.1, -0.05) is 35.5 Å². The highest BCUT2D eigenvalue weighted by molar-refractivity contribution is 6.00. The number of aryl methyl sites for hydroxylation is 1. The van der Waals surface area contributed by atoms with Crippen molar-refractivity contribution < 1.29 is 14.3 Å². The van der Waals surface area contributed by atoms with Crippen molar-refractivity contribution >= 4 is 22.8 Å². The predicted molar refractivity (Wildman–Crippen MR) is 84.3 cm³/mol. The summed E-state index contributed by atoms with van der Waals surface area (Å²) in [5, 5.41) is 8.00. The average Bonchev–Trinajstić information content (AvgIpc) is 3.02. The molecule has 3 aromatic rings. The monoisotopic (exact) mass is 309 g/mol. The van der Waals surface area contributed by atoms with Crippen molar-refractivity contribution in [2.75, 3.05) is 6.61 Å². The lowest BCUT2D eigenvalue weighted by Gasteiger charge is -2.04. The zero-order valence-electron chi connectivity index (χ0n) is 12.6. The number of hydrogen-bond acceptors (Lipinski definition) is 5. The summed E-state index contributed by atoms with van der Waals surface area (Å²) in [6, 6.07) is 13.8. The molecule has 1 aromatic heterocycles. The van der Waals surface area contributed by atoms with Crippen molar-refractivity contribution in [3.05, 3.63) is 59.7 Å². The van der Waals surface area contributed by atoms with Crippen LogP contribution in [0.3, 0.4) is 0 Å². The minimum atomic E-state index is -0.553. The Bertz CT molecular complexity index is 856. The summed E-state index contributed by atoms with van der Waals surface area (Å²) in [4.78, 5) is 24.0. The van der Waals surface area contributed by atoms with E-state index in [1.807, 2.05) is 13.0 Å². The van der Waals surface area contributed by atoms with Gasteiger partial charge in [0.05, 0.1) is 11.1 Å². The molecule has 0 spiro atoms. The molecule has 0 saturated carbocycles. The Kier molecular flexibility index (Phi) is 4.14. The highest BCUT2D eigenvalue weighted by atomic mass is 16.5. The molecule has 116 valence electrons. The topological polar surface area (TPSA) is 74.1 Å². The second-order valence-electron chi connectivity index (χ2n) is 4.97. The van der Waals surface area contributed by atoms with Crippen LogP contribution < -0.4 is 0 Å². The van der Waals surface area contributed by atoms with E-state index in [2.05, 4.69) is 10.3 Å². The zero-order chi connectivity index (χ0) is 16.2. The third-order valence-corrected chi connectivity index (χ3v) is 3.48. The number of ether oxygens (including phenoxy) is 1. The lowest BCUT2D eigenvalue weighted by Crippen LogP contribution is -2.14. The minimum absolute atomic E-state index is 0.239. The first kappa shape index (κ1) is 14.9. The van der Waals surface area contributed by atoms with Crippen LogP contribution in [0.1, 0.15) is 27.6 Å². The Morgan fingerprint density at radius 3 is 2.61 bits per heavy atom. The van der Waals surface area contributed by atoms with E-state index in [1.54, 1.807) is 47.1 Å². The largest absolute Gasteiger partial charge is 0.454 e. The van der Waals surface area contributed by atoms with Crippen LogP contribution in [-0.4, -0.2) is 33.4 Å². The maximum Gasteiger partial charge on any atom is 0.338 e. The standard InChI is InChI=1S/C17H15N3O3/c1-2-20-15-9-8-13(10-14(15)18-19-20)17(22)23-11-16(21)12-6-4-3-5-7-12/h3-10H,2,11H2,1H3. The van der Waals surface area contributed by atoms with Crippen LogP contribution in [0.2, 0.25) is 0 Å². The molecule has 23 heavy (non-hydrogen) atoms.